The first kappa shape index (κ1) is 68.2. The molecule has 0 fully saturated rings. The Morgan fingerprint density at radius 1 is 0.507 bits per heavy atom. The number of hydrogen-bond acceptors (Lipinski definition) is 6. The number of allylic oxidation sites excluding steroid dienone is 17. The standard InChI is InChI=1S/C62H109N2O6P/c1-6-8-10-12-14-16-18-20-22-24-26-27-28-29-30-31-32-33-34-35-36-37-38-40-42-44-46-48-50-52-54-56-62(66)63-60(59-70-71(67,68)69-58-57-64(3,4)5)61(65)55-53-51-49-47-45-43-41-39-25-23-21-19-17-15-13-11-9-7-2/h8,10,14,16,20,22,26-27,29-30,32-33,35-36,38,40,53,55,60-61,65H,6-7,9,11-13,15,17-19,21,23-25,28,31,34,37,39,41-52,54,56-59H2,1-5H3,(H-,63,66,67,68)/b10-8-,16-14-,22-20-,27-26-,30-29-,33-32-,36-35-,40-38-,55-53+. The van der Waals surface area contributed by atoms with Crippen LogP contribution in [0.5, 0.6) is 0 Å². The van der Waals surface area contributed by atoms with Gasteiger partial charge in [0.15, 0.2) is 0 Å². The van der Waals surface area contributed by atoms with Crippen LogP contribution in [0.2, 0.25) is 0 Å². The lowest BCUT2D eigenvalue weighted by Gasteiger charge is -2.29. The number of carbonyl (C=O) groups excluding carboxylic acids is 1. The number of nitrogens with one attached hydrogen (secondary N) is 1. The van der Waals surface area contributed by atoms with Crippen LogP contribution < -0.4 is 10.2 Å². The van der Waals surface area contributed by atoms with Crippen molar-refractivity contribution in [2.45, 2.75) is 238 Å². The highest BCUT2D eigenvalue weighted by atomic mass is 31.2. The minimum Gasteiger partial charge on any atom is -0.756 e. The maximum absolute atomic E-state index is 13.0. The highest BCUT2D eigenvalue weighted by Gasteiger charge is 2.23. The van der Waals surface area contributed by atoms with Crippen LogP contribution in [0.3, 0.4) is 0 Å². The minimum atomic E-state index is -4.61. The fourth-order valence-electron chi connectivity index (χ4n) is 7.76. The Labute approximate surface area is 438 Å². The quantitative estimate of drug-likeness (QED) is 0.0272. The van der Waals surface area contributed by atoms with E-state index in [1.54, 1.807) is 6.08 Å². The van der Waals surface area contributed by atoms with Crippen LogP contribution in [0.15, 0.2) is 109 Å². The molecular formula is C62H109N2O6P. The molecule has 0 aromatic heterocycles. The number of phosphoric ester groups is 1. The monoisotopic (exact) mass is 1010 g/mol. The molecule has 0 bridgehead atoms. The molecule has 71 heavy (non-hydrogen) atoms. The number of aliphatic hydroxyl groups is 1. The van der Waals surface area contributed by atoms with Gasteiger partial charge in [0.1, 0.15) is 13.2 Å². The average Bonchev–Trinajstić information content (AvgIpc) is 3.33. The first-order valence-electron chi connectivity index (χ1n) is 28.7. The highest BCUT2D eigenvalue weighted by Crippen LogP contribution is 2.38. The van der Waals surface area contributed by atoms with E-state index in [0.29, 0.717) is 17.4 Å². The van der Waals surface area contributed by atoms with Gasteiger partial charge in [0.2, 0.25) is 5.91 Å². The van der Waals surface area contributed by atoms with E-state index in [0.717, 1.165) is 109 Å². The summed E-state index contributed by atoms with van der Waals surface area (Å²) in [7, 11) is 1.24. The minimum absolute atomic E-state index is 0.00972. The van der Waals surface area contributed by atoms with Gasteiger partial charge in [0.25, 0.3) is 7.82 Å². The summed E-state index contributed by atoms with van der Waals surface area (Å²) in [6.07, 6.45) is 75.8. The van der Waals surface area contributed by atoms with Gasteiger partial charge in [0.05, 0.1) is 39.9 Å². The van der Waals surface area contributed by atoms with Crippen LogP contribution in [0, 0.1) is 0 Å². The van der Waals surface area contributed by atoms with Crippen LogP contribution >= 0.6 is 7.82 Å². The number of quaternary nitrogens is 1. The van der Waals surface area contributed by atoms with Gasteiger partial charge >= 0.3 is 0 Å². The SMILES string of the molecule is CC/C=C\C/C=C\C/C=C\C/C=C\C/C=C\C/C=C\C/C=C\C/C=C\CCCCCCCCC(=O)NC(COP(=O)([O-])OCC[N+](C)(C)C)C(O)/C=C/CCCCCCCCCCCCCCCCCC. The first-order valence-corrected chi connectivity index (χ1v) is 30.2. The van der Waals surface area contributed by atoms with Crippen LogP contribution in [-0.2, 0) is 18.4 Å². The highest BCUT2D eigenvalue weighted by molar-refractivity contribution is 7.45. The largest absolute Gasteiger partial charge is 0.756 e. The van der Waals surface area contributed by atoms with Gasteiger partial charge in [0, 0.05) is 6.42 Å². The van der Waals surface area contributed by atoms with Gasteiger partial charge < -0.3 is 28.8 Å². The second-order valence-electron chi connectivity index (χ2n) is 20.3. The van der Waals surface area contributed by atoms with Crippen LogP contribution in [0.1, 0.15) is 226 Å². The Balaban J connectivity index is 4.28. The zero-order valence-electron chi connectivity index (χ0n) is 46.4. The van der Waals surface area contributed by atoms with Crippen LogP contribution in [0.4, 0.5) is 0 Å². The molecule has 0 spiro atoms. The van der Waals surface area contributed by atoms with Crippen molar-refractivity contribution in [3.63, 3.8) is 0 Å². The van der Waals surface area contributed by atoms with Crippen molar-refractivity contribution in [1.82, 2.24) is 5.32 Å². The van der Waals surface area contributed by atoms with E-state index >= 15 is 0 Å². The third kappa shape index (κ3) is 54.8. The molecule has 8 nitrogen and oxygen atoms in total. The number of phosphoric acid groups is 1. The summed E-state index contributed by atoms with van der Waals surface area (Å²) in [5.74, 6) is -0.216. The topological polar surface area (TPSA) is 108 Å². The number of aliphatic hydroxyl groups excluding tert-OH is 1. The smallest absolute Gasteiger partial charge is 0.268 e. The van der Waals surface area contributed by atoms with E-state index in [9.17, 15) is 19.4 Å². The summed E-state index contributed by atoms with van der Waals surface area (Å²) in [6.45, 7) is 4.52. The first-order chi connectivity index (χ1) is 34.5. The Morgan fingerprint density at radius 3 is 1.25 bits per heavy atom. The molecule has 0 saturated heterocycles. The Bertz CT molecular complexity index is 1520. The second-order valence-corrected chi connectivity index (χ2v) is 21.7. The predicted octanol–water partition coefficient (Wildman–Crippen LogP) is 17.0. The maximum atomic E-state index is 13.0. The van der Waals surface area contributed by atoms with Gasteiger partial charge in [-0.15, -0.1) is 0 Å². The van der Waals surface area contributed by atoms with E-state index < -0.39 is 26.6 Å². The lowest BCUT2D eigenvalue weighted by Crippen LogP contribution is -2.45. The predicted molar refractivity (Wildman–Crippen MR) is 306 cm³/mol. The molecule has 0 aliphatic carbocycles. The van der Waals surface area contributed by atoms with Gasteiger partial charge in [-0.25, -0.2) is 0 Å². The summed E-state index contributed by atoms with van der Waals surface area (Å²) in [5.41, 5.74) is 0. The molecule has 9 heteroatoms. The number of unbranched alkanes of at least 4 members (excludes halogenated alkanes) is 22. The molecule has 1 amide bonds. The number of amides is 1. The molecule has 3 atom stereocenters. The van der Waals surface area contributed by atoms with Crippen molar-refractivity contribution in [1.29, 1.82) is 0 Å². The van der Waals surface area contributed by atoms with Crippen LogP contribution in [-0.4, -0.2) is 68.5 Å². The molecule has 0 radical (unpaired) electrons. The fourth-order valence-corrected chi connectivity index (χ4v) is 8.48. The lowest BCUT2D eigenvalue weighted by molar-refractivity contribution is -0.870. The molecule has 0 aliphatic rings. The van der Waals surface area contributed by atoms with Gasteiger partial charge in [-0.3, -0.25) is 9.36 Å². The Hall–Kier alpha value is -2.84. The molecule has 0 heterocycles. The third-order valence-electron chi connectivity index (χ3n) is 12.2. The van der Waals surface area contributed by atoms with Crippen molar-refractivity contribution in [3.8, 4) is 0 Å². The Kier molecular flexibility index (Phi) is 50.0. The lowest BCUT2D eigenvalue weighted by atomic mass is 10.0. The van der Waals surface area contributed by atoms with Crippen molar-refractivity contribution in [2.75, 3.05) is 40.9 Å². The van der Waals surface area contributed by atoms with E-state index in [-0.39, 0.29) is 12.5 Å². The fraction of sp³-hybridized carbons (Fsp3) is 0.694. The molecule has 0 aliphatic heterocycles. The summed E-state index contributed by atoms with van der Waals surface area (Å²) in [6, 6.07) is -0.903. The number of hydrogen-bond donors (Lipinski definition) is 2. The third-order valence-corrected chi connectivity index (χ3v) is 13.2. The van der Waals surface area contributed by atoms with Crippen LogP contribution in [0.25, 0.3) is 0 Å². The maximum Gasteiger partial charge on any atom is 0.268 e. The summed E-state index contributed by atoms with van der Waals surface area (Å²) in [4.78, 5) is 25.5. The number of carbonyl (C=O) groups is 1. The average molecular weight is 1010 g/mol. The Morgan fingerprint density at radius 2 is 0.859 bits per heavy atom. The van der Waals surface area contributed by atoms with Crippen molar-refractivity contribution in [3.05, 3.63) is 109 Å². The molecule has 0 aromatic rings. The molecule has 0 saturated carbocycles. The van der Waals surface area contributed by atoms with Crippen molar-refractivity contribution in [2.24, 2.45) is 0 Å². The zero-order chi connectivity index (χ0) is 52.0. The van der Waals surface area contributed by atoms with Crippen molar-refractivity contribution >= 4 is 13.7 Å². The van der Waals surface area contributed by atoms with Gasteiger partial charge in [-0.2, -0.15) is 0 Å². The molecular weight excluding hydrogens is 900 g/mol. The molecule has 408 valence electrons. The molecule has 0 aromatic carbocycles. The number of nitrogens with zero attached hydrogens (tertiary/aromatic N) is 1. The van der Waals surface area contributed by atoms with Gasteiger partial charge in [-0.1, -0.05) is 245 Å². The van der Waals surface area contributed by atoms with Crippen molar-refractivity contribution < 1.29 is 32.9 Å². The zero-order valence-corrected chi connectivity index (χ0v) is 47.3. The number of rotatable bonds is 51. The van der Waals surface area contributed by atoms with E-state index in [4.69, 9.17) is 9.05 Å². The summed E-state index contributed by atoms with van der Waals surface area (Å²) >= 11 is 0. The molecule has 3 unspecified atom stereocenters. The summed E-state index contributed by atoms with van der Waals surface area (Å²) in [5, 5.41) is 13.9. The summed E-state index contributed by atoms with van der Waals surface area (Å²) < 4.78 is 23.3. The second kappa shape index (κ2) is 52.0. The molecule has 2 N–H and O–H groups in total. The van der Waals surface area contributed by atoms with Gasteiger partial charge in [-0.05, 0) is 83.5 Å². The molecule has 0 rings (SSSR count). The van der Waals surface area contributed by atoms with E-state index in [1.165, 1.54) is 96.3 Å². The van der Waals surface area contributed by atoms with E-state index in [2.05, 4.69) is 116 Å². The van der Waals surface area contributed by atoms with E-state index in [1.807, 2.05) is 27.2 Å². The normalized spacial score (nSPS) is 14.7. The number of likely N-dealkylation sites (N-methyl/N-ethyl adjacent to an activating group) is 1.